The van der Waals surface area contributed by atoms with Crippen LogP contribution < -0.4 is 15.0 Å². The van der Waals surface area contributed by atoms with E-state index in [0.29, 0.717) is 24.8 Å². The Labute approximate surface area is 148 Å². The fraction of sp³-hybridized carbons (Fsp3) is 0.412. The molecule has 1 atom stereocenters. The van der Waals surface area contributed by atoms with Crippen molar-refractivity contribution in [2.45, 2.75) is 19.4 Å². The van der Waals surface area contributed by atoms with E-state index >= 15 is 0 Å². The van der Waals surface area contributed by atoms with Gasteiger partial charge in [0.15, 0.2) is 9.84 Å². The molecule has 134 valence electrons. The van der Waals surface area contributed by atoms with Crippen LogP contribution in [0.4, 0.5) is 17.5 Å². The maximum atomic E-state index is 11.7. The number of nitrogens with zero attached hydrogens (tertiary/aromatic N) is 3. The molecule has 0 bridgehead atoms. The van der Waals surface area contributed by atoms with Crippen molar-refractivity contribution in [3.8, 4) is 5.75 Å². The molecule has 1 aromatic carbocycles. The van der Waals surface area contributed by atoms with Gasteiger partial charge in [-0.3, -0.25) is 0 Å². The summed E-state index contributed by atoms with van der Waals surface area (Å²) in [6.07, 6.45) is 2.28. The van der Waals surface area contributed by atoms with E-state index in [0.717, 1.165) is 11.4 Å². The lowest BCUT2D eigenvalue weighted by atomic mass is 10.2. The highest BCUT2D eigenvalue weighted by Gasteiger charge is 2.31. The summed E-state index contributed by atoms with van der Waals surface area (Å²) >= 11 is 0. The molecule has 1 N–H and O–H groups in total. The number of benzene rings is 1. The van der Waals surface area contributed by atoms with Crippen molar-refractivity contribution < 1.29 is 13.2 Å². The molecule has 0 aliphatic carbocycles. The molecular weight excluding hydrogens is 340 g/mol. The molecule has 1 aliphatic rings. The minimum absolute atomic E-state index is 0.0524. The Hall–Kier alpha value is -2.35. The summed E-state index contributed by atoms with van der Waals surface area (Å²) in [7, 11) is -1.07. The Morgan fingerprint density at radius 1 is 1.32 bits per heavy atom. The van der Waals surface area contributed by atoms with Crippen LogP contribution >= 0.6 is 0 Å². The normalized spacial score (nSPS) is 18.7. The quantitative estimate of drug-likeness (QED) is 0.843. The third kappa shape index (κ3) is 4.19. The molecule has 1 unspecified atom stereocenters. The van der Waals surface area contributed by atoms with Crippen LogP contribution in [0.1, 0.15) is 13.3 Å². The zero-order chi connectivity index (χ0) is 17.9. The SMILES string of the molecule is CCOc1ccccc1Nc1nccc(N(C)C2CCS(=O)(=O)C2)n1. The first-order valence-corrected chi connectivity index (χ1v) is 10.1. The van der Waals surface area contributed by atoms with Gasteiger partial charge in [0.1, 0.15) is 11.6 Å². The van der Waals surface area contributed by atoms with Gasteiger partial charge in [0, 0.05) is 19.3 Å². The molecule has 7 nitrogen and oxygen atoms in total. The molecule has 0 radical (unpaired) electrons. The number of ether oxygens (including phenoxy) is 1. The highest BCUT2D eigenvalue weighted by molar-refractivity contribution is 7.91. The van der Waals surface area contributed by atoms with Crippen LogP contribution in [-0.4, -0.2) is 49.6 Å². The maximum Gasteiger partial charge on any atom is 0.229 e. The van der Waals surface area contributed by atoms with Gasteiger partial charge in [-0.1, -0.05) is 12.1 Å². The lowest BCUT2D eigenvalue weighted by Gasteiger charge is -2.24. The predicted octanol–water partition coefficient (Wildman–Crippen LogP) is 2.24. The second kappa shape index (κ2) is 7.26. The van der Waals surface area contributed by atoms with Crippen molar-refractivity contribution in [2.75, 3.05) is 35.4 Å². The fourth-order valence-electron chi connectivity index (χ4n) is 2.85. The first-order chi connectivity index (χ1) is 12.0. The number of sulfone groups is 1. The van der Waals surface area contributed by atoms with Crippen LogP contribution in [0.25, 0.3) is 0 Å². The van der Waals surface area contributed by atoms with Crippen molar-refractivity contribution in [2.24, 2.45) is 0 Å². The van der Waals surface area contributed by atoms with Crippen LogP contribution in [0.3, 0.4) is 0 Å². The van der Waals surface area contributed by atoms with Gasteiger partial charge in [0.2, 0.25) is 5.95 Å². The van der Waals surface area contributed by atoms with Crippen molar-refractivity contribution in [1.82, 2.24) is 9.97 Å². The van der Waals surface area contributed by atoms with E-state index in [-0.39, 0.29) is 17.5 Å². The molecule has 0 spiro atoms. The fourth-order valence-corrected chi connectivity index (χ4v) is 4.62. The van der Waals surface area contributed by atoms with Crippen LogP contribution in [-0.2, 0) is 9.84 Å². The minimum Gasteiger partial charge on any atom is -0.492 e. The van der Waals surface area contributed by atoms with Gasteiger partial charge in [-0.05, 0) is 31.5 Å². The van der Waals surface area contributed by atoms with Crippen LogP contribution in [0.15, 0.2) is 36.5 Å². The summed E-state index contributed by atoms with van der Waals surface area (Å²) in [6.45, 7) is 2.50. The smallest absolute Gasteiger partial charge is 0.229 e. The molecule has 1 aromatic heterocycles. The van der Waals surface area contributed by atoms with Crippen LogP contribution in [0, 0.1) is 0 Å². The van der Waals surface area contributed by atoms with Gasteiger partial charge in [0.05, 0.1) is 23.8 Å². The number of hydrogen-bond acceptors (Lipinski definition) is 7. The molecule has 1 saturated heterocycles. The second-order valence-corrected chi connectivity index (χ2v) is 8.19. The molecular formula is C17H22N4O3S. The molecule has 1 fully saturated rings. The third-order valence-electron chi connectivity index (χ3n) is 4.19. The van der Waals surface area contributed by atoms with Gasteiger partial charge >= 0.3 is 0 Å². The summed E-state index contributed by atoms with van der Waals surface area (Å²) in [5.41, 5.74) is 0.785. The average Bonchev–Trinajstić information content (AvgIpc) is 2.96. The second-order valence-electron chi connectivity index (χ2n) is 5.96. The molecule has 25 heavy (non-hydrogen) atoms. The standard InChI is InChI=1S/C17H22N4O3S/c1-3-24-15-7-5-4-6-14(15)19-17-18-10-8-16(20-17)21(2)13-9-11-25(22,23)12-13/h4-8,10,13H,3,9,11-12H2,1-2H3,(H,18,19,20). The third-order valence-corrected chi connectivity index (χ3v) is 5.94. The van der Waals surface area contributed by atoms with Crippen molar-refractivity contribution >= 4 is 27.3 Å². The highest BCUT2D eigenvalue weighted by atomic mass is 32.2. The summed E-state index contributed by atoms with van der Waals surface area (Å²) in [5.74, 6) is 2.27. The Morgan fingerprint density at radius 3 is 2.84 bits per heavy atom. The number of aromatic nitrogens is 2. The summed E-state index contributed by atoms with van der Waals surface area (Å²) in [6, 6.07) is 9.32. The largest absolute Gasteiger partial charge is 0.492 e. The monoisotopic (exact) mass is 362 g/mol. The van der Waals surface area contributed by atoms with Crippen molar-refractivity contribution in [1.29, 1.82) is 0 Å². The van der Waals surface area contributed by atoms with Gasteiger partial charge in [-0.2, -0.15) is 4.98 Å². The zero-order valence-electron chi connectivity index (χ0n) is 14.3. The molecule has 1 aliphatic heterocycles. The lowest BCUT2D eigenvalue weighted by molar-refractivity contribution is 0.342. The summed E-state index contributed by atoms with van der Waals surface area (Å²) in [4.78, 5) is 10.7. The van der Waals surface area contributed by atoms with Crippen molar-refractivity contribution in [3.63, 3.8) is 0 Å². The minimum atomic E-state index is -2.94. The van der Waals surface area contributed by atoms with E-state index in [1.807, 2.05) is 43.1 Å². The van der Waals surface area contributed by atoms with E-state index < -0.39 is 9.84 Å². The number of nitrogens with one attached hydrogen (secondary N) is 1. The van der Waals surface area contributed by atoms with Gasteiger partial charge in [-0.15, -0.1) is 0 Å². The van der Waals surface area contributed by atoms with E-state index in [4.69, 9.17) is 4.74 Å². The number of anilines is 3. The molecule has 0 saturated carbocycles. The summed E-state index contributed by atoms with van der Waals surface area (Å²) < 4.78 is 29.0. The van der Waals surface area contributed by atoms with Gasteiger partial charge < -0.3 is 15.0 Å². The Bertz CT molecular complexity index is 841. The Kier molecular flexibility index (Phi) is 5.08. The van der Waals surface area contributed by atoms with Gasteiger partial charge in [-0.25, -0.2) is 13.4 Å². The highest BCUT2D eigenvalue weighted by Crippen LogP contribution is 2.27. The number of para-hydroxylation sites is 2. The lowest BCUT2D eigenvalue weighted by Crippen LogP contribution is -2.33. The first kappa shape index (κ1) is 17.5. The van der Waals surface area contributed by atoms with E-state index in [1.54, 1.807) is 12.3 Å². The predicted molar refractivity (Wildman–Crippen MR) is 98.4 cm³/mol. The zero-order valence-corrected chi connectivity index (χ0v) is 15.2. The molecule has 0 amide bonds. The van der Waals surface area contributed by atoms with E-state index in [2.05, 4.69) is 15.3 Å². The average molecular weight is 362 g/mol. The van der Waals surface area contributed by atoms with Crippen LogP contribution in [0.5, 0.6) is 5.75 Å². The maximum absolute atomic E-state index is 11.7. The molecule has 2 aromatic rings. The molecule has 3 rings (SSSR count). The summed E-state index contributed by atoms with van der Waals surface area (Å²) in [5, 5.41) is 3.17. The first-order valence-electron chi connectivity index (χ1n) is 8.23. The van der Waals surface area contributed by atoms with E-state index in [1.165, 1.54) is 0 Å². The molecule has 8 heteroatoms. The van der Waals surface area contributed by atoms with Crippen LogP contribution in [0.2, 0.25) is 0 Å². The number of hydrogen-bond donors (Lipinski definition) is 1. The van der Waals surface area contributed by atoms with Gasteiger partial charge in [0.25, 0.3) is 0 Å². The van der Waals surface area contributed by atoms with Crippen molar-refractivity contribution in [3.05, 3.63) is 36.5 Å². The topological polar surface area (TPSA) is 84.4 Å². The Balaban J connectivity index is 1.78. The Morgan fingerprint density at radius 2 is 2.12 bits per heavy atom. The number of rotatable bonds is 6. The van der Waals surface area contributed by atoms with E-state index in [9.17, 15) is 8.42 Å². The molecule has 2 heterocycles.